The third-order valence-electron chi connectivity index (χ3n) is 4.50. The van der Waals surface area contributed by atoms with E-state index in [1.54, 1.807) is 39.8 Å². The molecule has 0 unspecified atom stereocenters. The molecular formula is C22H26N4O3. The number of aromatic nitrogens is 2. The van der Waals surface area contributed by atoms with Gasteiger partial charge in [-0.15, -0.1) is 0 Å². The second kappa shape index (κ2) is 8.77. The highest BCUT2D eigenvalue weighted by atomic mass is 16.5. The van der Waals surface area contributed by atoms with E-state index in [0.29, 0.717) is 30.0 Å². The Balaban J connectivity index is 1.99. The van der Waals surface area contributed by atoms with Gasteiger partial charge in [-0.3, -0.25) is 14.0 Å². The highest BCUT2D eigenvalue weighted by Crippen LogP contribution is 2.26. The summed E-state index contributed by atoms with van der Waals surface area (Å²) in [5.74, 6) is 0.200. The van der Waals surface area contributed by atoms with Crippen molar-refractivity contribution >= 4 is 23.0 Å². The minimum atomic E-state index is -0.396. The van der Waals surface area contributed by atoms with Crippen LogP contribution in [0.5, 0.6) is 5.75 Å². The molecule has 3 rings (SSSR count). The predicted octanol–water partition coefficient (Wildman–Crippen LogP) is 3.86. The van der Waals surface area contributed by atoms with Gasteiger partial charge in [-0.25, -0.2) is 4.98 Å². The molecule has 0 fully saturated rings. The summed E-state index contributed by atoms with van der Waals surface area (Å²) in [5.41, 5.74) is 1.32. The molecule has 7 heteroatoms. The molecule has 2 heterocycles. The van der Waals surface area contributed by atoms with Gasteiger partial charge < -0.3 is 15.0 Å². The van der Waals surface area contributed by atoms with E-state index in [1.165, 1.54) is 0 Å². The largest absolute Gasteiger partial charge is 0.489 e. The van der Waals surface area contributed by atoms with E-state index < -0.39 is 5.91 Å². The molecule has 1 N–H and O–H groups in total. The number of carbonyl (C=O) groups is 2. The molecule has 0 radical (unpaired) electrons. The van der Waals surface area contributed by atoms with Gasteiger partial charge in [0.25, 0.3) is 11.8 Å². The van der Waals surface area contributed by atoms with Gasteiger partial charge in [0, 0.05) is 19.3 Å². The maximum absolute atomic E-state index is 13.0. The number of para-hydroxylation sites is 2. The van der Waals surface area contributed by atoms with E-state index in [1.807, 2.05) is 45.9 Å². The lowest BCUT2D eigenvalue weighted by atomic mass is 10.2. The number of imidazole rings is 1. The molecule has 7 nitrogen and oxygen atoms in total. The van der Waals surface area contributed by atoms with Crippen LogP contribution in [0, 0.1) is 0 Å². The van der Waals surface area contributed by atoms with Crippen molar-refractivity contribution in [2.45, 2.75) is 33.8 Å². The van der Waals surface area contributed by atoms with Crippen molar-refractivity contribution in [3.05, 3.63) is 60.2 Å². The average Bonchev–Trinajstić information content (AvgIpc) is 3.10. The topological polar surface area (TPSA) is 75.9 Å². The molecule has 0 spiro atoms. The van der Waals surface area contributed by atoms with Crippen LogP contribution < -0.4 is 10.1 Å². The Bertz CT molecular complexity index is 1020. The van der Waals surface area contributed by atoms with Crippen LogP contribution in [0.1, 0.15) is 48.8 Å². The molecule has 0 saturated carbocycles. The van der Waals surface area contributed by atoms with Crippen molar-refractivity contribution in [1.29, 1.82) is 0 Å². The Kier molecular flexibility index (Phi) is 6.16. The fraction of sp³-hybridized carbons (Fsp3) is 0.318. The van der Waals surface area contributed by atoms with Gasteiger partial charge in [0.2, 0.25) is 5.82 Å². The van der Waals surface area contributed by atoms with E-state index in [4.69, 9.17) is 4.74 Å². The molecule has 0 aliphatic heterocycles. The van der Waals surface area contributed by atoms with Crippen LogP contribution in [-0.4, -0.2) is 45.3 Å². The number of amides is 2. The Morgan fingerprint density at radius 2 is 1.79 bits per heavy atom. The lowest BCUT2D eigenvalue weighted by molar-refractivity contribution is 0.0760. The first kappa shape index (κ1) is 20.4. The van der Waals surface area contributed by atoms with Crippen molar-refractivity contribution in [2.75, 3.05) is 18.4 Å². The maximum Gasteiger partial charge on any atom is 0.290 e. The number of nitrogens with zero attached hydrogens (tertiary/aromatic N) is 3. The zero-order valence-corrected chi connectivity index (χ0v) is 17.2. The van der Waals surface area contributed by atoms with E-state index in [9.17, 15) is 9.59 Å². The van der Waals surface area contributed by atoms with Crippen LogP contribution in [0.4, 0.5) is 5.69 Å². The lowest BCUT2D eigenvalue weighted by Crippen LogP contribution is -2.32. The molecule has 2 aromatic heterocycles. The molecule has 3 aromatic rings. The summed E-state index contributed by atoms with van der Waals surface area (Å²) in [5, 5.41) is 2.87. The number of pyridine rings is 1. The summed E-state index contributed by atoms with van der Waals surface area (Å²) in [6, 6.07) is 12.6. The highest BCUT2D eigenvalue weighted by molar-refractivity contribution is 6.09. The van der Waals surface area contributed by atoms with Crippen LogP contribution >= 0.6 is 0 Å². The number of carbonyl (C=O) groups excluding carboxylic acids is 2. The molecule has 152 valence electrons. The molecule has 0 bridgehead atoms. The number of fused-ring (bicyclic) bond motifs is 1. The number of rotatable bonds is 7. The molecule has 29 heavy (non-hydrogen) atoms. The van der Waals surface area contributed by atoms with Crippen LogP contribution in [0.15, 0.2) is 48.7 Å². The quantitative estimate of drug-likeness (QED) is 0.660. The summed E-state index contributed by atoms with van der Waals surface area (Å²) in [7, 11) is 0. The predicted molar refractivity (Wildman–Crippen MR) is 113 cm³/mol. The SMILES string of the molecule is CCN(CC)C(=O)c1nc(C(=O)Nc2ccccc2OC(C)C)c2ccccn12. The fourth-order valence-corrected chi connectivity index (χ4v) is 3.12. The Morgan fingerprint density at radius 3 is 2.48 bits per heavy atom. The van der Waals surface area contributed by atoms with Gasteiger partial charge >= 0.3 is 0 Å². The molecule has 1 aromatic carbocycles. The van der Waals surface area contributed by atoms with Crippen LogP contribution in [0.2, 0.25) is 0 Å². The van der Waals surface area contributed by atoms with E-state index in [-0.39, 0.29) is 23.5 Å². The van der Waals surface area contributed by atoms with Crippen molar-refractivity contribution in [2.24, 2.45) is 0 Å². The van der Waals surface area contributed by atoms with Gasteiger partial charge in [-0.2, -0.15) is 0 Å². The van der Waals surface area contributed by atoms with Gasteiger partial charge in [-0.1, -0.05) is 18.2 Å². The van der Waals surface area contributed by atoms with Crippen LogP contribution in [0.3, 0.4) is 0 Å². The van der Waals surface area contributed by atoms with Crippen molar-refractivity contribution in [3.8, 4) is 5.75 Å². The van der Waals surface area contributed by atoms with E-state index >= 15 is 0 Å². The summed E-state index contributed by atoms with van der Waals surface area (Å²) in [6.45, 7) is 8.81. The van der Waals surface area contributed by atoms with Gasteiger partial charge in [0.15, 0.2) is 5.69 Å². The summed E-state index contributed by atoms with van der Waals surface area (Å²) < 4.78 is 7.43. The summed E-state index contributed by atoms with van der Waals surface area (Å²) in [6.07, 6.45) is 1.71. The summed E-state index contributed by atoms with van der Waals surface area (Å²) in [4.78, 5) is 32.0. The van der Waals surface area contributed by atoms with Crippen LogP contribution in [-0.2, 0) is 0 Å². The number of hydrogen-bond acceptors (Lipinski definition) is 4. The molecule has 0 atom stereocenters. The maximum atomic E-state index is 13.0. The Labute approximate surface area is 170 Å². The number of hydrogen-bond donors (Lipinski definition) is 1. The first-order chi connectivity index (χ1) is 14.0. The van der Waals surface area contributed by atoms with Gasteiger partial charge in [0.05, 0.1) is 17.3 Å². The molecule has 2 amide bonds. The number of ether oxygens (including phenoxy) is 1. The molecular weight excluding hydrogens is 368 g/mol. The Hall–Kier alpha value is -3.35. The average molecular weight is 394 g/mol. The molecule has 0 aliphatic carbocycles. The number of anilines is 1. The normalized spacial score (nSPS) is 10.9. The Morgan fingerprint density at radius 1 is 1.10 bits per heavy atom. The zero-order valence-electron chi connectivity index (χ0n) is 17.2. The highest BCUT2D eigenvalue weighted by Gasteiger charge is 2.24. The second-order valence-electron chi connectivity index (χ2n) is 6.83. The summed E-state index contributed by atoms with van der Waals surface area (Å²) >= 11 is 0. The fourth-order valence-electron chi connectivity index (χ4n) is 3.12. The molecule has 0 aliphatic rings. The van der Waals surface area contributed by atoms with E-state index in [0.717, 1.165) is 0 Å². The van der Waals surface area contributed by atoms with E-state index in [2.05, 4.69) is 10.3 Å². The van der Waals surface area contributed by atoms with Gasteiger partial charge in [-0.05, 0) is 52.0 Å². The standard InChI is InChI=1S/C22H26N4O3/c1-5-25(6-2)22(28)20-24-19(17-12-9-10-14-26(17)20)21(27)23-16-11-7-8-13-18(16)29-15(3)4/h7-15H,5-6H2,1-4H3,(H,23,27). The molecule has 0 saturated heterocycles. The zero-order chi connectivity index (χ0) is 21.0. The number of benzene rings is 1. The monoisotopic (exact) mass is 394 g/mol. The number of nitrogens with one attached hydrogen (secondary N) is 1. The lowest BCUT2D eigenvalue weighted by Gasteiger charge is -2.17. The minimum Gasteiger partial charge on any atom is -0.489 e. The van der Waals surface area contributed by atoms with Crippen LogP contribution in [0.25, 0.3) is 5.52 Å². The van der Waals surface area contributed by atoms with Gasteiger partial charge in [0.1, 0.15) is 5.75 Å². The minimum absolute atomic E-state index is 0.0280. The third-order valence-corrected chi connectivity index (χ3v) is 4.50. The second-order valence-corrected chi connectivity index (χ2v) is 6.83. The van der Waals surface area contributed by atoms with Crippen molar-refractivity contribution in [3.63, 3.8) is 0 Å². The first-order valence-electron chi connectivity index (χ1n) is 9.79. The first-order valence-corrected chi connectivity index (χ1v) is 9.79. The van der Waals surface area contributed by atoms with Crippen molar-refractivity contribution in [1.82, 2.24) is 14.3 Å². The van der Waals surface area contributed by atoms with Crippen molar-refractivity contribution < 1.29 is 14.3 Å². The third kappa shape index (κ3) is 4.23. The smallest absolute Gasteiger partial charge is 0.290 e.